The third-order valence-corrected chi connectivity index (χ3v) is 2.89. The molecule has 96 valence electrons. The van der Waals surface area contributed by atoms with E-state index in [0.29, 0.717) is 24.5 Å². The number of hydrogen-bond donors (Lipinski definition) is 2. The van der Waals surface area contributed by atoms with E-state index >= 15 is 0 Å². The van der Waals surface area contributed by atoms with E-state index in [4.69, 9.17) is 4.42 Å². The predicted octanol–water partition coefficient (Wildman–Crippen LogP) is 2.31. The van der Waals surface area contributed by atoms with E-state index < -0.39 is 0 Å². The largest absolute Gasteiger partial charge is 0.407 e. The monoisotopic (exact) mass is 238 g/mol. The Morgan fingerprint density at radius 3 is 2.88 bits per heavy atom. The molecule has 1 aromatic heterocycles. The summed E-state index contributed by atoms with van der Waals surface area (Å²) in [6.45, 7) is 3.82. The van der Waals surface area contributed by atoms with Gasteiger partial charge in [0.25, 0.3) is 0 Å². The van der Waals surface area contributed by atoms with Gasteiger partial charge in [-0.25, -0.2) is 0 Å². The Kier molecular flexibility index (Phi) is 4.79. The van der Waals surface area contributed by atoms with Crippen LogP contribution < -0.4 is 10.6 Å². The lowest BCUT2D eigenvalue weighted by molar-refractivity contribution is 0.475. The molecule has 0 unspecified atom stereocenters. The van der Waals surface area contributed by atoms with Crippen LogP contribution in [0.3, 0.4) is 0 Å². The van der Waals surface area contributed by atoms with Gasteiger partial charge in [-0.1, -0.05) is 31.3 Å². The average Bonchev–Trinajstić information content (AvgIpc) is 3.06. The van der Waals surface area contributed by atoms with Crippen LogP contribution in [0.15, 0.2) is 4.42 Å². The van der Waals surface area contributed by atoms with E-state index in [1.807, 2.05) is 0 Å². The Morgan fingerprint density at radius 2 is 2.12 bits per heavy atom. The van der Waals surface area contributed by atoms with E-state index in [9.17, 15) is 0 Å². The van der Waals surface area contributed by atoms with Crippen molar-refractivity contribution in [1.29, 1.82) is 0 Å². The maximum absolute atomic E-state index is 5.47. The summed E-state index contributed by atoms with van der Waals surface area (Å²) in [6, 6.07) is 1.22. The van der Waals surface area contributed by atoms with Crippen LogP contribution in [0.2, 0.25) is 0 Å². The van der Waals surface area contributed by atoms with Crippen molar-refractivity contribution in [1.82, 2.24) is 15.5 Å². The van der Waals surface area contributed by atoms with Crippen LogP contribution in [0.5, 0.6) is 0 Å². The molecule has 1 aliphatic carbocycles. The maximum atomic E-state index is 5.47. The van der Waals surface area contributed by atoms with Gasteiger partial charge < -0.3 is 15.1 Å². The molecular weight excluding hydrogens is 216 g/mol. The molecule has 0 saturated heterocycles. The molecule has 17 heavy (non-hydrogen) atoms. The van der Waals surface area contributed by atoms with Crippen molar-refractivity contribution < 1.29 is 4.42 Å². The summed E-state index contributed by atoms with van der Waals surface area (Å²) in [7, 11) is 0. The summed E-state index contributed by atoms with van der Waals surface area (Å²) in [5, 5.41) is 14.5. The van der Waals surface area contributed by atoms with Gasteiger partial charge in [-0.05, 0) is 19.3 Å². The summed E-state index contributed by atoms with van der Waals surface area (Å²) in [4.78, 5) is 0. The lowest BCUT2D eigenvalue weighted by Gasteiger charge is -2.00. The van der Waals surface area contributed by atoms with E-state index in [0.717, 1.165) is 13.0 Å². The second-order valence-electron chi connectivity index (χ2n) is 4.64. The molecule has 1 saturated carbocycles. The minimum absolute atomic E-state index is 0.550. The van der Waals surface area contributed by atoms with Crippen molar-refractivity contribution in [3.63, 3.8) is 0 Å². The molecule has 5 heteroatoms. The molecule has 1 aliphatic rings. The van der Waals surface area contributed by atoms with Crippen molar-refractivity contribution in [2.75, 3.05) is 11.9 Å². The Bertz CT molecular complexity index is 322. The van der Waals surface area contributed by atoms with Gasteiger partial charge in [0.2, 0.25) is 5.89 Å². The third kappa shape index (κ3) is 4.73. The molecule has 2 rings (SSSR count). The summed E-state index contributed by atoms with van der Waals surface area (Å²) in [6.07, 6.45) is 7.52. The minimum Gasteiger partial charge on any atom is -0.407 e. The fourth-order valence-electron chi connectivity index (χ4n) is 1.66. The smallest absolute Gasteiger partial charge is 0.315 e. The number of rotatable bonds is 9. The first kappa shape index (κ1) is 12.4. The van der Waals surface area contributed by atoms with Crippen molar-refractivity contribution in [2.24, 2.45) is 0 Å². The van der Waals surface area contributed by atoms with Gasteiger partial charge in [0.1, 0.15) is 0 Å². The highest BCUT2D eigenvalue weighted by molar-refractivity contribution is 5.16. The fourth-order valence-corrected chi connectivity index (χ4v) is 1.66. The van der Waals surface area contributed by atoms with Crippen LogP contribution in [-0.4, -0.2) is 22.8 Å². The van der Waals surface area contributed by atoms with E-state index in [-0.39, 0.29) is 0 Å². The molecule has 0 aliphatic heterocycles. The Balaban J connectivity index is 1.59. The first-order valence-corrected chi connectivity index (χ1v) is 6.68. The van der Waals surface area contributed by atoms with Crippen molar-refractivity contribution >= 4 is 6.01 Å². The molecule has 2 N–H and O–H groups in total. The molecule has 1 aromatic rings. The van der Waals surface area contributed by atoms with Gasteiger partial charge in [-0.15, -0.1) is 5.10 Å². The Labute approximate surface area is 102 Å². The Hall–Kier alpha value is -1.10. The van der Waals surface area contributed by atoms with Crippen LogP contribution in [0, 0.1) is 0 Å². The van der Waals surface area contributed by atoms with Crippen molar-refractivity contribution in [3.8, 4) is 0 Å². The van der Waals surface area contributed by atoms with E-state index in [1.165, 1.54) is 32.1 Å². The fraction of sp³-hybridized carbons (Fsp3) is 0.833. The van der Waals surface area contributed by atoms with Crippen LogP contribution in [0.4, 0.5) is 6.01 Å². The summed E-state index contributed by atoms with van der Waals surface area (Å²) >= 11 is 0. The topological polar surface area (TPSA) is 63.0 Å². The normalized spacial score (nSPS) is 15.1. The van der Waals surface area contributed by atoms with E-state index in [2.05, 4.69) is 27.8 Å². The molecule has 1 heterocycles. The number of anilines is 1. The molecule has 0 aromatic carbocycles. The van der Waals surface area contributed by atoms with Crippen LogP contribution in [0.1, 0.15) is 51.3 Å². The maximum Gasteiger partial charge on any atom is 0.315 e. The van der Waals surface area contributed by atoms with E-state index in [1.54, 1.807) is 0 Å². The highest BCUT2D eigenvalue weighted by atomic mass is 16.4. The molecule has 0 atom stereocenters. The lowest BCUT2D eigenvalue weighted by Crippen LogP contribution is -2.15. The number of nitrogens with one attached hydrogen (secondary N) is 2. The minimum atomic E-state index is 0.550. The van der Waals surface area contributed by atoms with Gasteiger partial charge in [0, 0.05) is 12.6 Å². The standard InChI is InChI=1S/C12H22N4O/c1-2-3-4-5-8-13-12-16-15-11(17-12)9-14-10-6-7-10/h10,14H,2-9H2,1H3,(H,13,16). The van der Waals surface area contributed by atoms with Gasteiger partial charge in [-0.3, -0.25) is 0 Å². The highest BCUT2D eigenvalue weighted by Gasteiger charge is 2.21. The first-order chi connectivity index (χ1) is 8.38. The molecule has 0 bridgehead atoms. The van der Waals surface area contributed by atoms with Gasteiger partial charge in [0.05, 0.1) is 6.54 Å². The van der Waals surface area contributed by atoms with Crippen molar-refractivity contribution in [3.05, 3.63) is 5.89 Å². The molecule has 5 nitrogen and oxygen atoms in total. The third-order valence-electron chi connectivity index (χ3n) is 2.89. The zero-order valence-electron chi connectivity index (χ0n) is 10.5. The number of unbranched alkanes of at least 4 members (excludes halogenated alkanes) is 3. The number of hydrogen-bond acceptors (Lipinski definition) is 5. The quantitative estimate of drug-likeness (QED) is 0.646. The predicted molar refractivity (Wildman–Crippen MR) is 66.8 cm³/mol. The van der Waals surface area contributed by atoms with Gasteiger partial charge >= 0.3 is 6.01 Å². The van der Waals surface area contributed by atoms with Crippen LogP contribution >= 0.6 is 0 Å². The van der Waals surface area contributed by atoms with Gasteiger partial charge in [0.15, 0.2) is 0 Å². The van der Waals surface area contributed by atoms with Crippen LogP contribution in [0.25, 0.3) is 0 Å². The second kappa shape index (κ2) is 6.59. The molecular formula is C12H22N4O. The second-order valence-corrected chi connectivity index (χ2v) is 4.64. The van der Waals surface area contributed by atoms with Crippen LogP contribution in [-0.2, 0) is 6.54 Å². The number of nitrogens with zero attached hydrogens (tertiary/aromatic N) is 2. The number of aromatic nitrogens is 2. The molecule has 0 radical (unpaired) electrons. The summed E-state index contributed by atoms with van der Waals surface area (Å²) in [5.74, 6) is 0.674. The molecule has 1 fully saturated rings. The molecule has 0 amide bonds. The lowest BCUT2D eigenvalue weighted by atomic mass is 10.2. The average molecular weight is 238 g/mol. The SMILES string of the molecule is CCCCCCNc1nnc(CNC2CC2)o1. The zero-order chi connectivity index (χ0) is 11.9. The first-order valence-electron chi connectivity index (χ1n) is 6.68. The molecule has 0 spiro atoms. The van der Waals surface area contributed by atoms with Crippen molar-refractivity contribution in [2.45, 2.75) is 58.0 Å². The summed E-state index contributed by atoms with van der Waals surface area (Å²) < 4.78 is 5.47. The van der Waals surface area contributed by atoms with Gasteiger partial charge in [-0.2, -0.15) is 0 Å². The highest BCUT2D eigenvalue weighted by Crippen LogP contribution is 2.19. The zero-order valence-corrected chi connectivity index (χ0v) is 10.5. The summed E-state index contributed by atoms with van der Waals surface area (Å²) in [5.41, 5.74) is 0. The Morgan fingerprint density at radius 1 is 1.24 bits per heavy atom.